The maximum atomic E-state index is 13.0. The zero-order valence-electron chi connectivity index (χ0n) is 17.5. The Balaban J connectivity index is 1.41. The molecule has 0 aliphatic heterocycles. The van der Waals surface area contributed by atoms with E-state index in [-0.39, 0.29) is 18.3 Å². The Kier molecular flexibility index (Phi) is 8.35. The SMILES string of the molecule is CCCC(NC(=O)NCc1ccc(F)cc1)C(=O)NCCCc1nc2ccccc2s1. The fourth-order valence-electron chi connectivity index (χ4n) is 3.15. The van der Waals surface area contributed by atoms with Gasteiger partial charge in [-0.1, -0.05) is 37.6 Å². The Labute approximate surface area is 185 Å². The molecule has 0 fully saturated rings. The molecule has 0 saturated heterocycles. The lowest BCUT2D eigenvalue weighted by Crippen LogP contribution is -2.50. The van der Waals surface area contributed by atoms with Gasteiger partial charge in [-0.25, -0.2) is 14.2 Å². The van der Waals surface area contributed by atoms with Crippen molar-refractivity contribution in [1.82, 2.24) is 20.9 Å². The summed E-state index contributed by atoms with van der Waals surface area (Å²) in [5.41, 5.74) is 1.79. The number of carbonyl (C=O) groups excluding carboxylic acids is 2. The second kappa shape index (κ2) is 11.4. The number of urea groups is 1. The smallest absolute Gasteiger partial charge is 0.315 e. The summed E-state index contributed by atoms with van der Waals surface area (Å²) < 4.78 is 14.1. The summed E-state index contributed by atoms with van der Waals surface area (Å²) in [7, 11) is 0. The number of fused-ring (bicyclic) bond motifs is 1. The number of thiazole rings is 1. The summed E-state index contributed by atoms with van der Waals surface area (Å²) in [5.74, 6) is -0.515. The minimum atomic E-state index is -0.597. The molecule has 0 spiro atoms. The Morgan fingerprint density at radius 3 is 2.61 bits per heavy atom. The van der Waals surface area contributed by atoms with E-state index in [4.69, 9.17) is 0 Å². The highest BCUT2D eigenvalue weighted by molar-refractivity contribution is 7.18. The molecule has 0 aliphatic rings. The number of aryl methyl sites for hydroxylation is 1. The largest absolute Gasteiger partial charge is 0.354 e. The highest BCUT2D eigenvalue weighted by atomic mass is 32.1. The van der Waals surface area contributed by atoms with Crippen LogP contribution in [0.1, 0.15) is 36.8 Å². The fourth-order valence-corrected chi connectivity index (χ4v) is 4.16. The van der Waals surface area contributed by atoms with Gasteiger partial charge in [-0.2, -0.15) is 0 Å². The molecule has 1 atom stereocenters. The molecule has 3 aromatic rings. The van der Waals surface area contributed by atoms with Crippen LogP contribution in [-0.4, -0.2) is 29.5 Å². The van der Waals surface area contributed by atoms with Crippen molar-refractivity contribution in [3.05, 3.63) is 64.9 Å². The zero-order chi connectivity index (χ0) is 22.1. The minimum Gasteiger partial charge on any atom is -0.354 e. The lowest BCUT2D eigenvalue weighted by Gasteiger charge is -2.18. The van der Waals surface area contributed by atoms with Crippen LogP contribution in [0.5, 0.6) is 0 Å². The average molecular weight is 443 g/mol. The van der Waals surface area contributed by atoms with Gasteiger partial charge in [0.05, 0.1) is 15.2 Å². The van der Waals surface area contributed by atoms with Crippen LogP contribution in [0.15, 0.2) is 48.5 Å². The summed E-state index contributed by atoms with van der Waals surface area (Å²) in [6.45, 7) is 2.74. The van der Waals surface area contributed by atoms with Crippen LogP contribution in [0.25, 0.3) is 10.2 Å². The molecule has 2 aromatic carbocycles. The maximum Gasteiger partial charge on any atom is 0.315 e. The topological polar surface area (TPSA) is 83.1 Å². The van der Waals surface area contributed by atoms with Gasteiger partial charge in [-0.05, 0) is 42.7 Å². The molecule has 3 amide bonds. The Morgan fingerprint density at radius 2 is 1.87 bits per heavy atom. The number of carbonyl (C=O) groups is 2. The van der Waals surface area contributed by atoms with Crippen LogP contribution in [0.2, 0.25) is 0 Å². The summed E-state index contributed by atoms with van der Waals surface area (Å²) in [4.78, 5) is 29.3. The number of rotatable bonds is 10. The van der Waals surface area contributed by atoms with Crippen molar-refractivity contribution >= 4 is 33.5 Å². The third-order valence-corrected chi connectivity index (χ3v) is 5.87. The molecular formula is C23H27FN4O2S. The highest BCUT2D eigenvalue weighted by Crippen LogP contribution is 2.22. The van der Waals surface area contributed by atoms with Crippen LogP contribution >= 0.6 is 11.3 Å². The van der Waals surface area contributed by atoms with Crippen LogP contribution in [0.4, 0.5) is 9.18 Å². The number of hydrogen-bond donors (Lipinski definition) is 3. The first-order valence-corrected chi connectivity index (χ1v) is 11.3. The first kappa shape index (κ1) is 22.7. The quantitative estimate of drug-likeness (QED) is 0.413. The molecule has 8 heteroatoms. The van der Waals surface area contributed by atoms with Gasteiger partial charge in [0.25, 0.3) is 0 Å². The number of benzene rings is 2. The maximum absolute atomic E-state index is 13.0. The van der Waals surface area contributed by atoms with Crippen molar-refractivity contribution in [2.24, 2.45) is 0 Å². The van der Waals surface area contributed by atoms with E-state index in [9.17, 15) is 14.0 Å². The van der Waals surface area contributed by atoms with E-state index in [2.05, 4.69) is 27.0 Å². The van der Waals surface area contributed by atoms with E-state index in [0.29, 0.717) is 13.0 Å². The van der Waals surface area contributed by atoms with Crippen molar-refractivity contribution in [3.63, 3.8) is 0 Å². The summed E-state index contributed by atoms with van der Waals surface area (Å²) in [5, 5.41) is 9.40. The van der Waals surface area contributed by atoms with Gasteiger partial charge >= 0.3 is 6.03 Å². The normalized spacial score (nSPS) is 11.8. The van der Waals surface area contributed by atoms with E-state index >= 15 is 0 Å². The predicted octanol–water partition coefficient (Wildman–Crippen LogP) is 4.15. The molecular weight excluding hydrogens is 415 g/mol. The second-order valence-corrected chi connectivity index (χ2v) is 8.38. The van der Waals surface area contributed by atoms with Gasteiger partial charge in [-0.3, -0.25) is 4.79 Å². The molecule has 164 valence electrons. The molecule has 1 unspecified atom stereocenters. The van der Waals surface area contributed by atoms with Crippen molar-refractivity contribution in [3.8, 4) is 0 Å². The molecule has 3 N–H and O–H groups in total. The van der Waals surface area contributed by atoms with E-state index in [0.717, 1.165) is 35.4 Å². The molecule has 3 rings (SSSR count). The van der Waals surface area contributed by atoms with Crippen LogP contribution in [0, 0.1) is 5.82 Å². The van der Waals surface area contributed by atoms with Crippen molar-refractivity contribution < 1.29 is 14.0 Å². The number of nitrogens with zero attached hydrogens (tertiary/aromatic N) is 1. The summed E-state index contributed by atoms with van der Waals surface area (Å²) in [6.07, 6.45) is 2.89. The highest BCUT2D eigenvalue weighted by Gasteiger charge is 2.19. The van der Waals surface area contributed by atoms with Gasteiger partial charge in [0, 0.05) is 19.5 Å². The standard InChI is InChI=1S/C23H27FN4O2S/c1-2-6-19(28-23(30)26-15-16-10-12-17(24)13-11-16)22(29)25-14-5-9-21-27-18-7-3-4-8-20(18)31-21/h3-4,7-8,10-13,19H,2,5-6,9,14-15H2,1H3,(H,25,29)(H2,26,28,30). The first-order chi connectivity index (χ1) is 15.0. The molecule has 0 aliphatic carbocycles. The molecule has 1 heterocycles. The molecule has 6 nitrogen and oxygen atoms in total. The molecule has 1 aromatic heterocycles. The van der Waals surface area contributed by atoms with Crippen molar-refractivity contribution in [1.29, 1.82) is 0 Å². The van der Waals surface area contributed by atoms with Crippen LogP contribution in [-0.2, 0) is 17.8 Å². The van der Waals surface area contributed by atoms with Crippen LogP contribution < -0.4 is 16.0 Å². The first-order valence-electron chi connectivity index (χ1n) is 10.5. The number of nitrogens with one attached hydrogen (secondary N) is 3. The predicted molar refractivity (Wildman–Crippen MR) is 121 cm³/mol. The molecule has 0 saturated carbocycles. The number of amides is 3. The van der Waals surface area contributed by atoms with Gasteiger partial charge in [0.2, 0.25) is 5.91 Å². The van der Waals surface area contributed by atoms with Crippen molar-refractivity contribution in [2.75, 3.05) is 6.54 Å². The van der Waals surface area contributed by atoms with E-state index in [1.807, 2.05) is 25.1 Å². The minimum absolute atomic E-state index is 0.192. The number of halogens is 1. The third-order valence-electron chi connectivity index (χ3n) is 4.77. The van der Waals surface area contributed by atoms with Gasteiger partial charge in [0.1, 0.15) is 11.9 Å². The van der Waals surface area contributed by atoms with Gasteiger partial charge in [-0.15, -0.1) is 11.3 Å². The van der Waals surface area contributed by atoms with Gasteiger partial charge in [0.15, 0.2) is 0 Å². The van der Waals surface area contributed by atoms with Crippen LogP contribution in [0.3, 0.4) is 0 Å². The lowest BCUT2D eigenvalue weighted by molar-refractivity contribution is -0.123. The molecule has 0 bridgehead atoms. The monoisotopic (exact) mass is 442 g/mol. The number of aromatic nitrogens is 1. The Bertz CT molecular complexity index is 973. The molecule has 0 radical (unpaired) electrons. The average Bonchev–Trinajstić information content (AvgIpc) is 3.19. The Morgan fingerprint density at radius 1 is 1.10 bits per heavy atom. The second-order valence-electron chi connectivity index (χ2n) is 7.26. The fraction of sp³-hybridized carbons (Fsp3) is 0.348. The van der Waals surface area contributed by atoms with Crippen molar-refractivity contribution in [2.45, 2.75) is 45.2 Å². The van der Waals surface area contributed by atoms with E-state index in [1.54, 1.807) is 23.5 Å². The van der Waals surface area contributed by atoms with E-state index < -0.39 is 12.1 Å². The summed E-state index contributed by atoms with van der Waals surface area (Å²) >= 11 is 1.67. The number of para-hydroxylation sites is 1. The van der Waals surface area contributed by atoms with Gasteiger partial charge < -0.3 is 16.0 Å². The van der Waals surface area contributed by atoms with E-state index in [1.165, 1.54) is 16.8 Å². The third kappa shape index (κ3) is 7.03. The Hall–Kier alpha value is -3.00. The zero-order valence-corrected chi connectivity index (χ0v) is 18.3. The number of hydrogen-bond acceptors (Lipinski definition) is 4. The lowest BCUT2D eigenvalue weighted by atomic mass is 10.1. The molecule has 31 heavy (non-hydrogen) atoms. The summed E-state index contributed by atoms with van der Waals surface area (Å²) in [6, 6.07) is 12.9.